The van der Waals surface area contributed by atoms with E-state index in [1.54, 1.807) is 0 Å². The largest absolute Gasteiger partial charge is 0.411 e. The van der Waals surface area contributed by atoms with E-state index in [2.05, 4.69) is 25.9 Å². The van der Waals surface area contributed by atoms with Crippen molar-refractivity contribution in [3.63, 3.8) is 0 Å². The first-order valence-corrected chi connectivity index (χ1v) is 4.78. The van der Waals surface area contributed by atoms with E-state index in [1.807, 2.05) is 0 Å². The van der Waals surface area contributed by atoms with E-state index in [9.17, 15) is 0 Å². The summed E-state index contributed by atoms with van der Waals surface area (Å²) in [5.74, 6) is 2.12. The first kappa shape index (κ1) is 8.09. The van der Waals surface area contributed by atoms with Crippen LogP contribution in [-0.4, -0.2) is 10.9 Å². The molecule has 12 heavy (non-hydrogen) atoms. The average Bonchev–Trinajstić information content (AvgIpc) is 2.02. The van der Waals surface area contributed by atoms with Gasteiger partial charge in [0.15, 0.2) is 0 Å². The fourth-order valence-corrected chi connectivity index (χ4v) is 3.22. The normalized spacial score (nSPS) is 47.2. The van der Waals surface area contributed by atoms with Crippen LogP contribution in [0.3, 0.4) is 0 Å². The number of rotatable bonds is 0. The fourth-order valence-electron chi connectivity index (χ4n) is 3.22. The zero-order valence-corrected chi connectivity index (χ0v) is 8.04. The molecule has 3 fully saturated rings. The highest BCUT2D eigenvalue weighted by atomic mass is 16.4. The van der Waals surface area contributed by atoms with Crippen LogP contribution in [-0.2, 0) is 0 Å². The van der Waals surface area contributed by atoms with Crippen LogP contribution < -0.4 is 0 Å². The maximum atomic E-state index is 8.82. The third-order valence-electron chi connectivity index (χ3n) is 4.09. The number of hydrogen-bond acceptors (Lipinski definition) is 2. The van der Waals surface area contributed by atoms with Crippen molar-refractivity contribution in [1.29, 1.82) is 0 Å². The van der Waals surface area contributed by atoms with Crippen LogP contribution in [0.1, 0.15) is 33.6 Å². The highest BCUT2D eigenvalue weighted by Crippen LogP contribution is 2.59. The molecule has 0 saturated heterocycles. The van der Waals surface area contributed by atoms with Crippen molar-refractivity contribution < 1.29 is 5.21 Å². The molecular weight excluding hydrogens is 150 g/mol. The summed E-state index contributed by atoms with van der Waals surface area (Å²) in [6, 6.07) is 0. The lowest BCUT2D eigenvalue weighted by Crippen LogP contribution is -2.56. The van der Waals surface area contributed by atoms with E-state index in [4.69, 9.17) is 5.21 Å². The minimum atomic E-state index is 0.388. The van der Waals surface area contributed by atoms with Crippen LogP contribution in [0.15, 0.2) is 5.16 Å². The standard InChI is InChI=1S/C10H17NO/c1-6-4-9(11-12)8-5-7(6)10(8,2)3/h6-8,12H,4-5H2,1-3H3/b11-9-/t6-,7-,8+/m0/s1. The van der Waals surface area contributed by atoms with Gasteiger partial charge >= 0.3 is 0 Å². The molecule has 3 atom stereocenters. The molecule has 0 aromatic rings. The van der Waals surface area contributed by atoms with Crippen molar-refractivity contribution in [1.82, 2.24) is 0 Å². The van der Waals surface area contributed by atoms with E-state index in [0.717, 1.165) is 18.1 Å². The molecule has 0 aromatic carbocycles. The van der Waals surface area contributed by atoms with Crippen molar-refractivity contribution in [2.24, 2.45) is 28.3 Å². The minimum Gasteiger partial charge on any atom is -0.411 e. The average molecular weight is 167 g/mol. The number of nitrogens with zero attached hydrogens (tertiary/aromatic N) is 1. The van der Waals surface area contributed by atoms with Crippen LogP contribution in [0.25, 0.3) is 0 Å². The van der Waals surface area contributed by atoms with Gasteiger partial charge in [-0.3, -0.25) is 0 Å². The third kappa shape index (κ3) is 0.782. The van der Waals surface area contributed by atoms with Gasteiger partial charge < -0.3 is 5.21 Å². The molecule has 0 heterocycles. The molecule has 0 amide bonds. The Labute approximate surface area is 73.7 Å². The second-order valence-electron chi connectivity index (χ2n) is 4.99. The van der Waals surface area contributed by atoms with Gasteiger partial charge in [0, 0.05) is 5.92 Å². The molecule has 2 bridgehead atoms. The van der Waals surface area contributed by atoms with Gasteiger partial charge in [-0.1, -0.05) is 25.9 Å². The predicted molar refractivity (Wildman–Crippen MR) is 48.4 cm³/mol. The van der Waals surface area contributed by atoms with Crippen LogP contribution in [0.5, 0.6) is 0 Å². The highest BCUT2D eigenvalue weighted by molar-refractivity contribution is 5.89. The van der Waals surface area contributed by atoms with Gasteiger partial charge in [-0.05, 0) is 30.1 Å². The van der Waals surface area contributed by atoms with Crippen molar-refractivity contribution in [3.8, 4) is 0 Å². The van der Waals surface area contributed by atoms with E-state index in [1.165, 1.54) is 6.42 Å². The Hall–Kier alpha value is -0.530. The summed E-state index contributed by atoms with van der Waals surface area (Å²) in [7, 11) is 0. The number of hydrogen-bond donors (Lipinski definition) is 1. The summed E-state index contributed by atoms with van der Waals surface area (Å²) in [6.07, 6.45) is 2.25. The zero-order chi connectivity index (χ0) is 8.93. The second kappa shape index (κ2) is 2.24. The molecule has 3 aliphatic carbocycles. The van der Waals surface area contributed by atoms with Crippen molar-refractivity contribution >= 4 is 5.71 Å². The Morgan fingerprint density at radius 2 is 2.17 bits per heavy atom. The van der Waals surface area contributed by atoms with E-state index < -0.39 is 0 Å². The lowest BCUT2D eigenvalue weighted by Gasteiger charge is -2.59. The van der Waals surface area contributed by atoms with E-state index >= 15 is 0 Å². The smallest absolute Gasteiger partial charge is 0.0609 e. The van der Waals surface area contributed by atoms with Gasteiger partial charge in [0.2, 0.25) is 0 Å². The lowest BCUT2D eigenvalue weighted by atomic mass is 9.45. The molecule has 0 radical (unpaired) electrons. The van der Waals surface area contributed by atoms with Crippen LogP contribution in [0.4, 0.5) is 0 Å². The monoisotopic (exact) mass is 167 g/mol. The van der Waals surface area contributed by atoms with Gasteiger partial charge in [0.1, 0.15) is 0 Å². The molecule has 0 aromatic heterocycles. The van der Waals surface area contributed by atoms with E-state index in [0.29, 0.717) is 17.3 Å². The Balaban J connectivity index is 2.27. The summed E-state index contributed by atoms with van der Waals surface area (Å²) in [5.41, 5.74) is 1.43. The zero-order valence-electron chi connectivity index (χ0n) is 8.04. The fraction of sp³-hybridized carbons (Fsp3) is 0.900. The molecule has 68 valence electrons. The molecule has 3 saturated carbocycles. The second-order valence-corrected chi connectivity index (χ2v) is 4.99. The predicted octanol–water partition coefficient (Wildman–Crippen LogP) is 2.52. The molecule has 0 spiro atoms. The third-order valence-corrected chi connectivity index (χ3v) is 4.09. The van der Waals surface area contributed by atoms with Gasteiger partial charge in [-0.2, -0.15) is 0 Å². The number of oxime groups is 1. The molecule has 3 rings (SSSR count). The topological polar surface area (TPSA) is 32.6 Å². The Morgan fingerprint density at radius 1 is 1.50 bits per heavy atom. The minimum absolute atomic E-state index is 0.388. The van der Waals surface area contributed by atoms with Gasteiger partial charge in [-0.25, -0.2) is 0 Å². The molecule has 0 aliphatic heterocycles. The molecular formula is C10H17NO. The van der Waals surface area contributed by atoms with Crippen molar-refractivity contribution in [2.45, 2.75) is 33.6 Å². The van der Waals surface area contributed by atoms with Crippen LogP contribution in [0.2, 0.25) is 0 Å². The lowest BCUT2D eigenvalue weighted by molar-refractivity contribution is -0.0360. The SMILES string of the molecule is C[C@H]1C/C(=N/O)[C@H]2C[C@@H]1C2(C)C. The van der Waals surface area contributed by atoms with Crippen molar-refractivity contribution in [3.05, 3.63) is 0 Å². The molecule has 2 heteroatoms. The maximum absolute atomic E-state index is 8.82. The van der Waals surface area contributed by atoms with Gasteiger partial charge in [-0.15, -0.1) is 0 Å². The van der Waals surface area contributed by atoms with Crippen molar-refractivity contribution in [2.75, 3.05) is 0 Å². The Bertz CT molecular complexity index is 232. The summed E-state index contributed by atoms with van der Waals surface area (Å²) in [6.45, 7) is 6.87. The highest BCUT2D eigenvalue weighted by Gasteiger charge is 2.56. The molecule has 3 aliphatic rings. The summed E-state index contributed by atoms with van der Waals surface area (Å²) in [4.78, 5) is 0. The van der Waals surface area contributed by atoms with Gasteiger partial charge in [0.05, 0.1) is 5.71 Å². The number of fused-ring (bicyclic) bond motifs is 2. The first-order valence-electron chi connectivity index (χ1n) is 4.78. The molecule has 2 nitrogen and oxygen atoms in total. The summed E-state index contributed by atoms with van der Waals surface area (Å²) >= 11 is 0. The first-order chi connectivity index (χ1) is 5.57. The van der Waals surface area contributed by atoms with Crippen LogP contribution >= 0.6 is 0 Å². The maximum Gasteiger partial charge on any atom is 0.0609 e. The summed E-state index contributed by atoms with van der Waals surface area (Å²) in [5, 5.41) is 12.3. The Morgan fingerprint density at radius 3 is 2.58 bits per heavy atom. The molecule has 0 unspecified atom stereocenters. The molecule has 1 N–H and O–H groups in total. The quantitative estimate of drug-likeness (QED) is 0.436. The summed E-state index contributed by atoms with van der Waals surface area (Å²) < 4.78 is 0. The van der Waals surface area contributed by atoms with E-state index in [-0.39, 0.29) is 0 Å². The van der Waals surface area contributed by atoms with Gasteiger partial charge in [0.25, 0.3) is 0 Å². The van der Waals surface area contributed by atoms with Crippen LogP contribution in [0, 0.1) is 23.2 Å². The Kier molecular flexibility index (Phi) is 1.51.